The number of nitrogens with one attached hydrogen (secondary N) is 1. The van der Waals surface area contributed by atoms with Crippen molar-refractivity contribution in [2.24, 2.45) is 5.92 Å². The number of carboxylic acids is 1. The third-order valence-corrected chi connectivity index (χ3v) is 6.27. The van der Waals surface area contributed by atoms with Crippen molar-refractivity contribution in [3.8, 4) is 0 Å². The highest BCUT2D eigenvalue weighted by Crippen LogP contribution is 2.28. The molecule has 1 atom stereocenters. The van der Waals surface area contributed by atoms with E-state index in [9.17, 15) is 31.9 Å². The minimum Gasteiger partial charge on any atom is -0.478 e. The lowest BCUT2D eigenvalue weighted by molar-refractivity contribution is -0.148. The van der Waals surface area contributed by atoms with E-state index < -0.39 is 38.4 Å². The zero-order valence-electron chi connectivity index (χ0n) is 17.0. The van der Waals surface area contributed by atoms with Gasteiger partial charge in [0.05, 0.1) is 24.4 Å². The molecule has 2 aromatic rings. The Morgan fingerprint density at radius 1 is 1.31 bits per heavy atom. The van der Waals surface area contributed by atoms with E-state index in [0.29, 0.717) is 31.5 Å². The normalized spacial score (nSPS) is 16.5. The van der Waals surface area contributed by atoms with Gasteiger partial charge in [-0.3, -0.25) is 9.52 Å². The first-order valence-electron chi connectivity index (χ1n) is 9.75. The lowest BCUT2D eigenvalue weighted by Crippen LogP contribution is -2.40. The largest absolute Gasteiger partial charge is 0.478 e. The van der Waals surface area contributed by atoms with Gasteiger partial charge in [-0.05, 0) is 44.0 Å². The predicted octanol–water partition coefficient (Wildman–Crippen LogP) is 2.64. The molecule has 1 aliphatic rings. The van der Waals surface area contributed by atoms with Crippen molar-refractivity contribution < 1.29 is 36.6 Å². The van der Waals surface area contributed by atoms with Crippen molar-refractivity contribution in [1.29, 1.82) is 0 Å². The highest BCUT2D eigenvalue weighted by atomic mass is 32.2. The number of hydrogen-bond donors (Lipinski definition) is 2. The second kappa shape index (κ2) is 9.47. The fourth-order valence-corrected chi connectivity index (χ4v) is 4.56. The number of pyridine rings is 1. The monoisotopic (exact) mass is 469 g/mol. The number of benzene rings is 1. The smallest absolute Gasteiger partial charge is 0.339 e. The number of ether oxygens (including phenoxy) is 1. The molecule has 1 saturated heterocycles. The van der Waals surface area contributed by atoms with Crippen LogP contribution in [0.3, 0.4) is 0 Å². The molecule has 2 heterocycles. The zero-order valence-corrected chi connectivity index (χ0v) is 17.9. The summed E-state index contributed by atoms with van der Waals surface area (Å²) in [5.41, 5.74) is -0.553. The molecular formula is C20H21F2N3O6S. The number of piperidine rings is 1. The number of anilines is 2. The van der Waals surface area contributed by atoms with Crippen molar-refractivity contribution in [2.75, 3.05) is 29.3 Å². The maximum Gasteiger partial charge on any atom is 0.339 e. The number of carbonyl (C=O) groups is 2. The topological polar surface area (TPSA) is 126 Å². The van der Waals surface area contributed by atoms with Crippen molar-refractivity contribution in [2.45, 2.75) is 24.7 Å². The first kappa shape index (κ1) is 23.4. The van der Waals surface area contributed by atoms with E-state index in [1.807, 2.05) is 4.72 Å². The van der Waals surface area contributed by atoms with Gasteiger partial charge in [-0.25, -0.2) is 27.0 Å². The van der Waals surface area contributed by atoms with Crippen LogP contribution in [0.5, 0.6) is 0 Å². The maximum atomic E-state index is 13.9. The number of carbonyl (C=O) groups excluding carboxylic acids is 1. The second-order valence-corrected chi connectivity index (χ2v) is 8.77. The van der Waals surface area contributed by atoms with Crippen molar-refractivity contribution in [1.82, 2.24) is 4.98 Å². The summed E-state index contributed by atoms with van der Waals surface area (Å²) in [7, 11) is -4.55. The molecule has 0 spiro atoms. The van der Waals surface area contributed by atoms with E-state index in [1.54, 1.807) is 11.8 Å². The molecule has 2 N–H and O–H groups in total. The molecule has 32 heavy (non-hydrogen) atoms. The summed E-state index contributed by atoms with van der Waals surface area (Å²) in [6.45, 7) is 2.57. The Bertz CT molecular complexity index is 1140. The number of carboxylic acid groups (broad SMARTS) is 1. The van der Waals surface area contributed by atoms with Gasteiger partial charge in [0, 0.05) is 13.1 Å². The van der Waals surface area contributed by atoms with Gasteiger partial charge in [0.2, 0.25) is 0 Å². The van der Waals surface area contributed by atoms with Crippen LogP contribution in [0.1, 0.15) is 30.1 Å². The van der Waals surface area contributed by atoms with Crippen LogP contribution < -0.4 is 9.62 Å². The van der Waals surface area contributed by atoms with E-state index in [1.165, 1.54) is 0 Å². The zero-order chi connectivity index (χ0) is 23.5. The van der Waals surface area contributed by atoms with Crippen LogP contribution >= 0.6 is 0 Å². The quantitative estimate of drug-likeness (QED) is 0.593. The van der Waals surface area contributed by atoms with Gasteiger partial charge >= 0.3 is 11.9 Å². The molecule has 0 aliphatic carbocycles. The van der Waals surface area contributed by atoms with Crippen LogP contribution in [0.2, 0.25) is 0 Å². The molecule has 1 aliphatic heterocycles. The molecule has 1 aromatic carbocycles. The SMILES string of the molecule is CCOC(=O)[C@H]1CCCN(c2ncc(NS(=O)(=O)c3cc(F)ccc3F)cc2C(=O)O)C1. The van der Waals surface area contributed by atoms with Crippen LogP contribution in [0.25, 0.3) is 0 Å². The third kappa shape index (κ3) is 5.13. The Morgan fingerprint density at radius 3 is 2.75 bits per heavy atom. The van der Waals surface area contributed by atoms with Crippen LogP contribution in [-0.2, 0) is 19.6 Å². The lowest BCUT2D eigenvalue weighted by atomic mass is 9.98. The number of nitrogens with zero attached hydrogens (tertiary/aromatic N) is 2. The summed E-state index contributed by atoms with van der Waals surface area (Å²) in [5, 5.41) is 9.63. The second-order valence-electron chi connectivity index (χ2n) is 7.12. The van der Waals surface area contributed by atoms with Gasteiger partial charge in [0.1, 0.15) is 27.9 Å². The van der Waals surface area contributed by atoms with E-state index in [2.05, 4.69) is 4.98 Å². The van der Waals surface area contributed by atoms with Crippen molar-refractivity contribution in [3.63, 3.8) is 0 Å². The molecule has 0 bridgehead atoms. The minimum atomic E-state index is -4.55. The van der Waals surface area contributed by atoms with E-state index in [4.69, 9.17) is 4.74 Å². The third-order valence-electron chi connectivity index (χ3n) is 4.87. The molecule has 0 radical (unpaired) electrons. The molecular weight excluding hydrogens is 448 g/mol. The summed E-state index contributed by atoms with van der Waals surface area (Å²) in [6, 6.07) is 2.99. The van der Waals surface area contributed by atoms with Crippen LogP contribution in [0.4, 0.5) is 20.3 Å². The van der Waals surface area contributed by atoms with Gasteiger partial charge in [-0.2, -0.15) is 0 Å². The number of halogens is 2. The summed E-state index contributed by atoms with van der Waals surface area (Å²) >= 11 is 0. The number of aromatic nitrogens is 1. The highest BCUT2D eigenvalue weighted by molar-refractivity contribution is 7.92. The van der Waals surface area contributed by atoms with Crippen molar-refractivity contribution in [3.05, 3.63) is 47.7 Å². The maximum absolute atomic E-state index is 13.9. The number of hydrogen-bond acceptors (Lipinski definition) is 7. The Hall–Kier alpha value is -3.28. The van der Waals surface area contributed by atoms with E-state index in [-0.39, 0.29) is 36.2 Å². The summed E-state index contributed by atoms with van der Waals surface area (Å²) in [5.74, 6) is -4.25. The van der Waals surface area contributed by atoms with Gasteiger partial charge in [-0.1, -0.05) is 0 Å². The summed E-state index contributed by atoms with van der Waals surface area (Å²) in [6.07, 6.45) is 2.27. The number of aromatic carboxylic acids is 1. The lowest BCUT2D eigenvalue weighted by Gasteiger charge is -2.33. The van der Waals surface area contributed by atoms with Crippen molar-refractivity contribution >= 4 is 33.5 Å². The Labute approximate surface area is 183 Å². The van der Waals surface area contributed by atoms with E-state index in [0.717, 1.165) is 18.3 Å². The Morgan fingerprint density at radius 2 is 2.06 bits per heavy atom. The molecule has 0 amide bonds. The fourth-order valence-electron chi connectivity index (χ4n) is 3.44. The van der Waals surface area contributed by atoms with Crippen LogP contribution in [-0.4, -0.2) is 50.1 Å². The van der Waals surface area contributed by atoms with E-state index >= 15 is 0 Å². The van der Waals surface area contributed by atoms with Gasteiger partial charge in [-0.15, -0.1) is 0 Å². The predicted molar refractivity (Wildman–Crippen MR) is 110 cm³/mol. The molecule has 0 saturated carbocycles. The molecule has 12 heteroatoms. The molecule has 1 aromatic heterocycles. The molecule has 9 nitrogen and oxygen atoms in total. The summed E-state index contributed by atoms with van der Waals surface area (Å²) in [4.78, 5) is 28.7. The average Bonchev–Trinajstić information content (AvgIpc) is 2.75. The summed E-state index contributed by atoms with van der Waals surface area (Å²) < 4.78 is 59.3. The molecule has 172 valence electrons. The van der Waals surface area contributed by atoms with Gasteiger partial charge in [0.15, 0.2) is 0 Å². The fraction of sp³-hybridized carbons (Fsp3) is 0.350. The highest BCUT2D eigenvalue weighted by Gasteiger charge is 2.30. The number of esters is 1. The van der Waals surface area contributed by atoms with Crippen LogP contribution in [0, 0.1) is 17.6 Å². The standard InChI is InChI=1S/C20H21F2N3O6S/c1-2-31-20(28)12-4-3-7-25(11-12)18-15(19(26)27)9-14(10-23-18)24-32(29,30)17-8-13(21)5-6-16(17)22/h5-6,8-10,12,24H,2-4,7,11H2,1H3,(H,26,27)/t12-/m0/s1. The number of sulfonamides is 1. The van der Waals surface area contributed by atoms with Gasteiger partial charge in [0.25, 0.3) is 10.0 Å². The Kier molecular flexibility index (Phi) is 6.92. The minimum absolute atomic E-state index is 0.0615. The molecule has 1 fully saturated rings. The first-order valence-corrected chi connectivity index (χ1v) is 11.2. The van der Waals surface area contributed by atoms with Gasteiger partial charge < -0.3 is 14.7 Å². The van der Waals surface area contributed by atoms with Crippen LogP contribution in [0.15, 0.2) is 35.4 Å². The molecule has 0 unspecified atom stereocenters. The average molecular weight is 469 g/mol. The first-order chi connectivity index (χ1) is 15.1. The Balaban J connectivity index is 1.89. The number of rotatable bonds is 7. The molecule has 3 rings (SSSR count).